The number of benzene rings is 1. The highest BCUT2D eigenvalue weighted by molar-refractivity contribution is 5.43. The summed E-state index contributed by atoms with van der Waals surface area (Å²) in [4.78, 5) is 1.80. The van der Waals surface area contributed by atoms with E-state index < -0.39 is 6.43 Å². The van der Waals surface area contributed by atoms with Gasteiger partial charge in [0.15, 0.2) is 0 Å². The van der Waals surface area contributed by atoms with E-state index in [4.69, 9.17) is 4.74 Å². The molecule has 0 N–H and O–H groups in total. The Labute approximate surface area is 114 Å². The summed E-state index contributed by atoms with van der Waals surface area (Å²) in [6.07, 6.45) is -1.44. The van der Waals surface area contributed by atoms with Crippen molar-refractivity contribution in [2.45, 2.75) is 40.2 Å². The maximum atomic E-state index is 12.3. The zero-order valence-electron chi connectivity index (χ0n) is 12.2. The first-order chi connectivity index (χ1) is 9.10. The highest BCUT2D eigenvalue weighted by Gasteiger charge is 2.20. The summed E-state index contributed by atoms with van der Waals surface area (Å²) in [6.45, 7) is 7.16. The fraction of sp³-hybridized carbons (Fsp3) is 0.600. The van der Waals surface area contributed by atoms with Crippen LogP contribution in [-0.2, 0) is 13.0 Å². The molecule has 2 rings (SSSR count). The summed E-state index contributed by atoms with van der Waals surface area (Å²) in [5.41, 5.74) is 3.43. The minimum Gasteiger partial charge on any atom is -0.496 e. The lowest BCUT2D eigenvalue weighted by Gasteiger charge is -2.29. The van der Waals surface area contributed by atoms with E-state index in [2.05, 4.69) is 0 Å². The number of halogens is 2. The maximum Gasteiger partial charge on any atom is 0.251 e. The van der Waals surface area contributed by atoms with Crippen LogP contribution in [-0.4, -0.2) is 31.5 Å². The molecule has 0 saturated carbocycles. The zero-order chi connectivity index (χ0) is 14.4. The van der Waals surface area contributed by atoms with Gasteiger partial charge in [-0.25, -0.2) is 8.78 Å². The molecule has 1 heterocycles. The molecule has 0 spiro atoms. The van der Waals surface area contributed by atoms with E-state index in [1.165, 1.54) is 5.56 Å². The molecule has 0 fully saturated rings. The maximum absolute atomic E-state index is 12.3. The van der Waals surface area contributed by atoms with Crippen LogP contribution in [0.25, 0.3) is 0 Å². The first-order valence-corrected chi connectivity index (χ1v) is 6.77. The molecule has 0 unspecified atom stereocenters. The quantitative estimate of drug-likeness (QED) is 0.832. The van der Waals surface area contributed by atoms with Crippen molar-refractivity contribution in [3.8, 4) is 5.75 Å². The second-order valence-corrected chi connectivity index (χ2v) is 4.47. The van der Waals surface area contributed by atoms with Gasteiger partial charge in [-0.15, -0.1) is 0 Å². The van der Waals surface area contributed by atoms with Crippen molar-refractivity contribution in [1.29, 1.82) is 0 Å². The third-order valence-electron chi connectivity index (χ3n) is 3.20. The fourth-order valence-corrected chi connectivity index (χ4v) is 2.34. The first-order valence-electron chi connectivity index (χ1n) is 6.77. The van der Waals surface area contributed by atoms with Crippen molar-refractivity contribution in [3.63, 3.8) is 0 Å². The van der Waals surface area contributed by atoms with Gasteiger partial charge < -0.3 is 4.74 Å². The summed E-state index contributed by atoms with van der Waals surface area (Å²) < 4.78 is 29.9. The Morgan fingerprint density at radius 1 is 1.26 bits per heavy atom. The van der Waals surface area contributed by atoms with Crippen molar-refractivity contribution in [2.75, 3.05) is 20.2 Å². The van der Waals surface area contributed by atoms with Crippen LogP contribution < -0.4 is 4.74 Å². The summed E-state index contributed by atoms with van der Waals surface area (Å²) in [5, 5.41) is 0. The van der Waals surface area contributed by atoms with Gasteiger partial charge >= 0.3 is 0 Å². The van der Waals surface area contributed by atoms with Crippen LogP contribution in [0.1, 0.15) is 30.5 Å². The molecule has 108 valence electrons. The van der Waals surface area contributed by atoms with Gasteiger partial charge in [0.25, 0.3) is 6.43 Å². The minimum absolute atomic E-state index is 0.134. The molecule has 4 heteroatoms. The Morgan fingerprint density at radius 2 is 1.95 bits per heavy atom. The molecule has 0 amide bonds. The van der Waals surface area contributed by atoms with Crippen LogP contribution in [0, 0.1) is 6.92 Å². The summed E-state index contributed by atoms with van der Waals surface area (Å²) in [6, 6.07) is 4.08. The van der Waals surface area contributed by atoms with E-state index in [1.54, 1.807) is 12.0 Å². The summed E-state index contributed by atoms with van der Waals surface area (Å²) in [5.74, 6) is 0.881. The van der Waals surface area contributed by atoms with E-state index in [0.717, 1.165) is 23.3 Å². The highest BCUT2D eigenvalue weighted by Crippen LogP contribution is 2.27. The Kier molecular flexibility index (Phi) is 6.22. The van der Waals surface area contributed by atoms with Crippen molar-refractivity contribution < 1.29 is 13.5 Å². The monoisotopic (exact) mass is 271 g/mol. The van der Waals surface area contributed by atoms with Gasteiger partial charge in [0.05, 0.1) is 13.7 Å². The lowest BCUT2D eigenvalue weighted by atomic mass is 9.97. The molecule has 0 aromatic heterocycles. The largest absolute Gasteiger partial charge is 0.496 e. The third kappa shape index (κ3) is 4.16. The van der Waals surface area contributed by atoms with Gasteiger partial charge in [0.1, 0.15) is 5.75 Å². The Hall–Kier alpha value is -1.16. The topological polar surface area (TPSA) is 12.5 Å². The SMILES string of the molecule is CC.COc1cc2c(cc1C)CN(CC(F)F)CC2. The molecular formula is C15H23F2NO. The van der Waals surface area contributed by atoms with Gasteiger partial charge in [0.2, 0.25) is 0 Å². The number of fused-ring (bicyclic) bond motifs is 1. The number of nitrogens with zero attached hydrogens (tertiary/aromatic N) is 1. The first kappa shape index (κ1) is 15.9. The lowest BCUT2D eigenvalue weighted by Crippen LogP contribution is -2.34. The van der Waals surface area contributed by atoms with E-state index in [9.17, 15) is 8.78 Å². The molecule has 2 nitrogen and oxygen atoms in total. The van der Waals surface area contributed by atoms with E-state index >= 15 is 0 Å². The number of hydrogen-bond donors (Lipinski definition) is 0. The molecule has 0 aliphatic carbocycles. The fourth-order valence-electron chi connectivity index (χ4n) is 2.34. The predicted octanol–water partition coefficient (Wildman–Crippen LogP) is 3.65. The van der Waals surface area contributed by atoms with E-state index in [-0.39, 0.29) is 6.54 Å². The second-order valence-electron chi connectivity index (χ2n) is 4.47. The average Bonchev–Trinajstić information content (AvgIpc) is 2.39. The number of hydrogen-bond acceptors (Lipinski definition) is 2. The Bertz CT molecular complexity index is 407. The van der Waals surface area contributed by atoms with Crippen molar-refractivity contribution >= 4 is 0 Å². The molecule has 1 aromatic rings. The lowest BCUT2D eigenvalue weighted by molar-refractivity contribution is 0.0820. The standard InChI is InChI=1S/C13H17F2NO.C2H6/c1-9-5-11-7-16(8-13(14)15)4-3-10(11)6-12(9)17-2;1-2/h5-6,13H,3-4,7-8H2,1-2H3;1-2H3. The molecular weight excluding hydrogens is 248 g/mol. The van der Waals surface area contributed by atoms with E-state index in [0.29, 0.717) is 13.1 Å². The number of rotatable bonds is 3. The van der Waals surface area contributed by atoms with Crippen LogP contribution in [0.3, 0.4) is 0 Å². The molecule has 0 saturated heterocycles. The normalized spacial score (nSPS) is 14.7. The van der Waals surface area contributed by atoms with Crippen LogP contribution in [0.15, 0.2) is 12.1 Å². The van der Waals surface area contributed by atoms with Crippen LogP contribution in [0.5, 0.6) is 5.75 Å². The number of aryl methyl sites for hydroxylation is 1. The van der Waals surface area contributed by atoms with Gasteiger partial charge in [-0.1, -0.05) is 19.9 Å². The third-order valence-corrected chi connectivity index (χ3v) is 3.20. The van der Waals surface area contributed by atoms with Gasteiger partial charge in [0, 0.05) is 13.1 Å². The zero-order valence-corrected chi connectivity index (χ0v) is 12.2. The molecule has 1 aromatic carbocycles. The molecule has 0 atom stereocenters. The average molecular weight is 271 g/mol. The Morgan fingerprint density at radius 3 is 2.53 bits per heavy atom. The molecule has 1 aliphatic heterocycles. The van der Waals surface area contributed by atoms with Crippen molar-refractivity contribution in [3.05, 3.63) is 28.8 Å². The molecule has 19 heavy (non-hydrogen) atoms. The molecule has 1 aliphatic rings. The van der Waals surface area contributed by atoms with Gasteiger partial charge in [-0.05, 0) is 36.1 Å². The van der Waals surface area contributed by atoms with Gasteiger partial charge in [-0.2, -0.15) is 0 Å². The van der Waals surface area contributed by atoms with Crippen LogP contribution in [0.2, 0.25) is 0 Å². The Balaban J connectivity index is 0.000000861. The van der Waals surface area contributed by atoms with E-state index in [1.807, 2.05) is 32.9 Å². The second kappa shape index (κ2) is 7.43. The smallest absolute Gasteiger partial charge is 0.251 e. The number of ether oxygens (including phenoxy) is 1. The minimum atomic E-state index is -2.25. The molecule has 0 bridgehead atoms. The molecule has 0 radical (unpaired) electrons. The van der Waals surface area contributed by atoms with Crippen LogP contribution >= 0.6 is 0 Å². The highest BCUT2D eigenvalue weighted by atomic mass is 19.3. The number of methoxy groups -OCH3 is 1. The van der Waals surface area contributed by atoms with Crippen LogP contribution in [0.4, 0.5) is 8.78 Å². The summed E-state index contributed by atoms with van der Waals surface area (Å²) >= 11 is 0. The van der Waals surface area contributed by atoms with Gasteiger partial charge in [-0.3, -0.25) is 4.90 Å². The predicted molar refractivity (Wildman–Crippen MR) is 74.1 cm³/mol. The number of alkyl halides is 2. The van der Waals surface area contributed by atoms with Crippen molar-refractivity contribution in [2.24, 2.45) is 0 Å². The summed E-state index contributed by atoms with van der Waals surface area (Å²) in [7, 11) is 1.65. The van der Waals surface area contributed by atoms with Crippen molar-refractivity contribution in [1.82, 2.24) is 4.90 Å².